The summed E-state index contributed by atoms with van der Waals surface area (Å²) in [5.41, 5.74) is 0. The van der Waals surface area contributed by atoms with Gasteiger partial charge in [0.25, 0.3) is 0 Å². The van der Waals surface area contributed by atoms with E-state index in [9.17, 15) is 17.6 Å². The molecule has 2 rings (SSSR count). The lowest BCUT2D eigenvalue weighted by Gasteiger charge is -2.08. The van der Waals surface area contributed by atoms with Crippen LogP contribution in [-0.2, 0) is 0 Å². The minimum atomic E-state index is -0.756. The molecule has 0 fully saturated rings. The molecule has 0 spiro atoms. The van der Waals surface area contributed by atoms with Gasteiger partial charge in [0.05, 0.1) is 0 Å². The van der Waals surface area contributed by atoms with Crippen molar-refractivity contribution in [2.45, 2.75) is 0 Å². The summed E-state index contributed by atoms with van der Waals surface area (Å²) in [6.45, 7) is -0.0535. The van der Waals surface area contributed by atoms with Crippen molar-refractivity contribution >= 4 is 0 Å². The maximum absolute atomic E-state index is 12.9. The molecule has 2 aromatic carbocycles. The Labute approximate surface area is 112 Å². The zero-order valence-corrected chi connectivity index (χ0v) is 10.2. The molecule has 0 aliphatic rings. The predicted molar refractivity (Wildman–Crippen MR) is 63.7 cm³/mol. The van der Waals surface area contributed by atoms with Crippen LogP contribution >= 0.6 is 0 Å². The number of benzene rings is 2. The highest BCUT2D eigenvalue weighted by Gasteiger charge is 2.03. The standard InChI is InChI=1S/C14H10F4O2/c15-9-3-10(16)6-13(5-9)19-1-2-20-14-7-11(17)4-12(18)8-14/h3-8H,1-2H2. The molecule has 2 aromatic rings. The summed E-state index contributed by atoms with van der Waals surface area (Å²) in [5.74, 6) is -3.00. The van der Waals surface area contributed by atoms with Crippen LogP contribution in [0.25, 0.3) is 0 Å². The molecule has 0 unspecified atom stereocenters. The fourth-order valence-corrected chi connectivity index (χ4v) is 1.54. The first kappa shape index (κ1) is 14.2. The van der Waals surface area contributed by atoms with Crippen LogP contribution in [0.1, 0.15) is 0 Å². The van der Waals surface area contributed by atoms with Crippen molar-refractivity contribution in [1.82, 2.24) is 0 Å². The van der Waals surface area contributed by atoms with Crippen LogP contribution in [0, 0.1) is 23.3 Å². The van der Waals surface area contributed by atoms with Crippen molar-refractivity contribution in [2.24, 2.45) is 0 Å². The highest BCUT2D eigenvalue weighted by atomic mass is 19.1. The predicted octanol–water partition coefficient (Wildman–Crippen LogP) is 3.70. The van der Waals surface area contributed by atoms with Gasteiger partial charge < -0.3 is 9.47 Å². The normalized spacial score (nSPS) is 10.4. The number of hydrogen-bond acceptors (Lipinski definition) is 2. The van der Waals surface area contributed by atoms with Gasteiger partial charge in [-0.15, -0.1) is 0 Å². The van der Waals surface area contributed by atoms with E-state index >= 15 is 0 Å². The Morgan fingerprint density at radius 2 is 0.850 bits per heavy atom. The summed E-state index contributed by atoms with van der Waals surface area (Å²) in [5, 5.41) is 0. The molecule has 20 heavy (non-hydrogen) atoms. The van der Waals surface area contributed by atoms with E-state index in [1.165, 1.54) is 0 Å². The van der Waals surface area contributed by atoms with Gasteiger partial charge in [-0.1, -0.05) is 0 Å². The molecule has 0 saturated carbocycles. The molecule has 2 nitrogen and oxygen atoms in total. The van der Waals surface area contributed by atoms with E-state index in [1.54, 1.807) is 0 Å². The van der Waals surface area contributed by atoms with Gasteiger partial charge in [-0.25, -0.2) is 17.6 Å². The molecule has 6 heteroatoms. The van der Waals surface area contributed by atoms with E-state index < -0.39 is 23.3 Å². The molecule has 0 atom stereocenters. The number of rotatable bonds is 5. The van der Waals surface area contributed by atoms with Gasteiger partial charge in [0.1, 0.15) is 48.0 Å². The molecule has 0 N–H and O–H groups in total. The topological polar surface area (TPSA) is 18.5 Å². The SMILES string of the molecule is Fc1cc(F)cc(OCCOc2cc(F)cc(F)c2)c1. The molecule has 0 bridgehead atoms. The van der Waals surface area contributed by atoms with Gasteiger partial charge >= 0.3 is 0 Å². The molecule has 106 valence electrons. The van der Waals surface area contributed by atoms with Crippen LogP contribution in [0.4, 0.5) is 17.6 Å². The minimum absolute atomic E-state index is 0.0107. The Morgan fingerprint density at radius 1 is 0.550 bits per heavy atom. The monoisotopic (exact) mass is 286 g/mol. The second-order valence-corrected chi connectivity index (χ2v) is 3.91. The van der Waals surface area contributed by atoms with Gasteiger partial charge in [-0.2, -0.15) is 0 Å². The van der Waals surface area contributed by atoms with Gasteiger partial charge in [-0.3, -0.25) is 0 Å². The second kappa shape index (κ2) is 6.27. The van der Waals surface area contributed by atoms with Crippen LogP contribution in [0.15, 0.2) is 36.4 Å². The summed E-state index contributed by atoms with van der Waals surface area (Å²) in [6.07, 6.45) is 0. The summed E-state index contributed by atoms with van der Waals surface area (Å²) in [7, 11) is 0. The minimum Gasteiger partial charge on any atom is -0.490 e. The number of ether oxygens (including phenoxy) is 2. The van der Waals surface area contributed by atoms with E-state index in [4.69, 9.17) is 9.47 Å². The second-order valence-electron chi connectivity index (χ2n) is 3.91. The van der Waals surface area contributed by atoms with Crippen molar-refractivity contribution in [3.63, 3.8) is 0 Å². The summed E-state index contributed by atoms with van der Waals surface area (Å²) in [4.78, 5) is 0. The Bertz CT molecular complexity index is 508. The van der Waals surface area contributed by atoms with Crippen LogP contribution < -0.4 is 9.47 Å². The maximum atomic E-state index is 12.9. The highest BCUT2D eigenvalue weighted by Crippen LogP contribution is 2.17. The lowest BCUT2D eigenvalue weighted by atomic mass is 10.3. The van der Waals surface area contributed by atoms with Crippen molar-refractivity contribution in [2.75, 3.05) is 13.2 Å². The first-order valence-corrected chi connectivity index (χ1v) is 5.71. The maximum Gasteiger partial charge on any atom is 0.129 e. The smallest absolute Gasteiger partial charge is 0.129 e. The van der Waals surface area contributed by atoms with Gasteiger partial charge in [0.2, 0.25) is 0 Å². The third-order valence-corrected chi connectivity index (χ3v) is 2.29. The first-order chi connectivity index (χ1) is 9.52. The quantitative estimate of drug-likeness (QED) is 0.616. The lowest BCUT2D eigenvalue weighted by Crippen LogP contribution is -2.09. The van der Waals surface area contributed by atoms with Gasteiger partial charge in [0.15, 0.2) is 0 Å². The molecule has 0 saturated heterocycles. The number of hydrogen-bond donors (Lipinski definition) is 0. The zero-order chi connectivity index (χ0) is 14.5. The van der Waals surface area contributed by atoms with Crippen molar-refractivity contribution in [3.05, 3.63) is 59.7 Å². The zero-order valence-electron chi connectivity index (χ0n) is 10.2. The van der Waals surface area contributed by atoms with Crippen LogP contribution in [0.2, 0.25) is 0 Å². The summed E-state index contributed by atoms with van der Waals surface area (Å²) >= 11 is 0. The van der Waals surface area contributed by atoms with Crippen LogP contribution in [-0.4, -0.2) is 13.2 Å². The lowest BCUT2D eigenvalue weighted by molar-refractivity contribution is 0.215. The fourth-order valence-electron chi connectivity index (χ4n) is 1.54. The third kappa shape index (κ3) is 4.15. The van der Waals surface area contributed by atoms with Crippen molar-refractivity contribution < 1.29 is 27.0 Å². The Kier molecular flexibility index (Phi) is 4.45. The fraction of sp³-hybridized carbons (Fsp3) is 0.143. The average molecular weight is 286 g/mol. The molecule has 0 aliphatic carbocycles. The summed E-state index contributed by atoms with van der Waals surface area (Å²) in [6, 6.07) is 5.52. The Morgan fingerprint density at radius 3 is 1.15 bits per heavy atom. The van der Waals surface area contributed by atoms with Crippen molar-refractivity contribution in [1.29, 1.82) is 0 Å². The molecule has 0 amide bonds. The largest absolute Gasteiger partial charge is 0.490 e. The van der Waals surface area contributed by atoms with Crippen LogP contribution in [0.5, 0.6) is 11.5 Å². The first-order valence-electron chi connectivity index (χ1n) is 5.71. The van der Waals surface area contributed by atoms with Crippen molar-refractivity contribution in [3.8, 4) is 11.5 Å². The Hall–Kier alpha value is -2.24. The van der Waals surface area contributed by atoms with E-state index in [0.717, 1.165) is 36.4 Å². The molecule has 0 aromatic heterocycles. The van der Waals surface area contributed by atoms with E-state index in [2.05, 4.69) is 0 Å². The molecule has 0 heterocycles. The van der Waals surface area contributed by atoms with Crippen LogP contribution in [0.3, 0.4) is 0 Å². The average Bonchev–Trinajstić information content (AvgIpc) is 2.32. The molecule has 0 radical (unpaired) electrons. The van der Waals surface area contributed by atoms with Gasteiger partial charge in [-0.05, 0) is 0 Å². The van der Waals surface area contributed by atoms with E-state index in [0.29, 0.717) is 0 Å². The Balaban J connectivity index is 1.84. The number of halogens is 4. The van der Waals surface area contributed by atoms with E-state index in [1.807, 2.05) is 0 Å². The molecular weight excluding hydrogens is 276 g/mol. The molecule has 0 aliphatic heterocycles. The molecular formula is C14H10F4O2. The summed E-state index contributed by atoms with van der Waals surface area (Å²) < 4.78 is 61.5. The third-order valence-electron chi connectivity index (χ3n) is 2.29. The van der Waals surface area contributed by atoms with E-state index in [-0.39, 0.29) is 24.7 Å². The van der Waals surface area contributed by atoms with Gasteiger partial charge in [0, 0.05) is 36.4 Å². The highest BCUT2D eigenvalue weighted by molar-refractivity contribution is 5.24.